The van der Waals surface area contributed by atoms with Crippen LogP contribution in [-0.2, 0) is 0 Å². The molecule has 0 radical (unpaired) electrons. The van der Waals surface area contributed by atoms with Crippen molar-refractivity contribution in [2.24, 2.45) is 0 Å². The predicted molar refractivity (Wildman–Crippen MR) is 335 cm³/mol. The van der Waals surface area contributed by atoms with Gasteiger partial charge in [-0.25, -0.2) is 4.98 Å². The number of aromatic nitrogens is 3. The van der Waals surface area contributed by atoms with Crippen LogP contribution in [0.3, 0.4) is 0 Å². The zero-order valence-corrected chi connectivity index (χ0v) is 45.0. The summed E-state index contributed by atoms with van der Waals surface area (Å²) >= 11 is 0. The maximum Gasteiger partial charge on any atom is 0.104 e. The maximum absolute atomic E-state index is 12.1. The lowest BCUT2D eigenvalue weighted by Gasteiger charge is -2.19. The van der Waals surface area contributed by atoms with Gasteiger partial charge in [0, 0.05) is 32.7 Å². The van der Waals surface area contributed by atoms with Gasteiger partial charge in [0.05, 0.1) is 44.8 Å². The van der Waals surface area contributed by atoms with Gasteiger partial charge in [0.2, 0.25) is 0 Å². The Balaban J connectivity index is 1.11. The molecule has 378 valence electrons. The van der Waals surface area contributed by atoms with Gasteiger partial charge in [0.15, 0.2) is 0 Å². The minimum Gasteiger partial charge on any atom is -0.308 e. The van der Waals surface area contributed by atoms with Gasteiger partial charge in [-0.05, 0) is 178 Å². The Bertz CT molecular complexity index is 4320. The Morgan fingerprint density at radius 3 is 0.875 bits per heavy atom. The molecule has 14 aromatic rings. The lowest BCUT2D eigenvalue weighted by Crippen LogP contribution is -2.05. The van der Waals surface area contributed by atoms with Crippen LogP contribution >= 0.6 is 0 Å². The monoisotopic (exact) mass is 1020 g/mol. The van der Waals surface area contributed by atoms with E-state index < -0.39 is 0 Å². The van der Waals surface area contributed by atoms with Crippen molar-refractivity contribution in [3.63, 3.8) is 0 Å². The third-order valence-corrected chi connectivity index (χ3v) is 16.3. The van der Waals surface area contributed by atoms with Crippen molar-refractivity contribution in [1.29, 1.82) is 5.26 Å². The van der Waals surface area contributed by atoms with Crippen LogP contribution in [0.4, 0.5) is 0 Å². The molecule has 0 fully saturated rings. The summed E-state index contributed by atoms with van der Waals surface area (Å²) in [6.45, 7) is 8.72. The van der Waals surface area contributed by atoms with Crippen LogP contribution in [0, 0.1) is 39.0 Å². The normalized spacial score (nSPS) is 11.5. The van der Waals surface area contributed by atoms with E-state index in [0.717, 1.165) is 111 Å². The van der Waals surface area contributed by atoms with Gasteiger partial charge >= 0.3 is 0 Å². The molecular formula is C76H54N4. The Morgan fingerprint density at radius 1 is 0.287 bits per heavy atom. The smallest absolute Gasteiger partial charge is 0.104 e. The summed E-state index contributed by atoms with van der Waals surface area (Å²) in [4.78, 5) is 5.34. The highest BCUT2D eigenvalue weighted by Gasteiger charge is 2.25. The van der Waals surface area contributed by atoms with E-state index in [1.165, 1.54) is 44.5 Å². The molecule has 0 bridgehead atoms. The summed E-state index contributed by atoms with van der Waals surface area (Å²) in [6, 6.07) is 94.4. The summed E-state index contributed by atoms with van der Waals surface area (Å²) in [5, 5.41) is 16.6. The molecule has 0 saturated carbocycles. The molecule has 80 heavy (non-hydrogen) atoms. The van der Waals surface area contributed by atoms with Crippen LogP contribution in [0.25, 0.3) is 133 Å². The fourth-order valence-electron chi connectivity index (χ4n) is 12.3. The van der Waals surface area contributed by atoms with E-state index in [4.69, 9.17) is 4.98 Å². The van der Waals surface area contributed by atoms with Crippen LogP contribution in [-0.4, -0.2) is 14.1 Å². The van der Waals surface area contributed by atoms with Gasteiger partial charge in [0.1, 0.15) is 11.6 Å². The first-order chi connectivity index (χ1) is 39.3. The van der Waals surface area contributed by atoms with E-state index in [1.54, 1.807) is 0 Å². The van der Waals surface area contributed by atoms with E-state index in [9.17, 15) is 5.26 Å². The highest BCUT2D eigenvalue weighted by atomic mass is 15.0. The standard InChI is InChI=1S/C76H54N4/c1-48-19-11-15-27-60(48)54-31-35-71-64(39-54)65-40-55(61-28-16-12-20-49(61)2)32-36-72(65)79(71)75-45-59(58-43-69(52-23-7-5-8-24-52)78-70(44-58)53-25-9-6-10-26-53)46-76(68(75)47-77)80-73-37-33-56(62-29-17-13-21-50(62)3)41-66(73)67-42-57(34-38-74(67)80)63-30-18-14-22-51(63)4/h5-46H,1-4H3. The van der Waals surface area contributed by atoms with E-state index in [2.05, 4.69) is 286 Å². The SMILES string of the molecule is Cc1ccccc1-c1ccc2c(c1)c1cc(-c3ccccc3C)ccc1n2-c1cc(-c2cc(-c3ccccc3)nc(-c3ccccc3)c2)cc(-n2c3ccc(-c4ccccc4C)cc3c3cc(-c4ccccc4C)ccc32)c1C#N. The molecule has 0 amide bonds. The molecule has 0 aliphatic heterocycles. The molecule has 4 heteroatoms. The molecule has 0 spiro atoms. The average molecular weight is 1020 g/mol. The van der Waals surface area contributed by atoms with Gasteiger partial charge in [-0.2, -0.15) is 5.26 Å². The summed E-state index contributed by atoms with van der Waals surface area (Å²) in [5.41, 5.74) is 26.1. The third kappa shape index (κ3) is 8.18. The van der Waals surface area contributed by atoms with Crippen molar-refractivity contribution in [3.05, 3.63) is 283 Å². The number of nitriles is 1. The second-order valence-corrected chi connectivity index (χ2v) is 21.2. The second-order valence-electron chi connectivity index (χ2n) is 21.2. The van der Waals surface area contributed by atoms with Gasteiger partial charge in [-0.3, -0.25) is 0 Å². The van der Waals surface area contributed by atoms with E-state index in [1.807, 2.05) is 12.1 Å². The Hall–Kier alpha value is -10.3. The third-order valence-electron chi connectivity index (χ3n) is 16.3. The minimum atomic E-state index is 0.559. The maximum atomic E-state index is 12.1. The number of hydrogen-bond acceptors (Lipinski definition) is 2. The van der Waals surface area contributed by atoms with Crippen molar-refractivity contribution >= 4 is 43.6 Å². The van der Waals surface area contributed by atoms with Gasteiger partial charge in [-0.1, -0.05) is 182 Å². The molecule has 3 heterocycles. The molecule has 0 saturated heterocycles. The number of fused-ring (bicyclic) bond motifs is 6. The van der Waals surface area contributed by atoms with Gasteiger partial charge in [0.25, 0.3) is 0 Å². The van der Waals surface area contributed by atoms with Crippen molar-refractivity contribution in [2.75, 3.05) is 0 Å². The van der Waals surface area contributed by atoms with Crippen LogP contribution in [0.15, 0.2) is 255 Å². The zero-order chi connectivity index (χ0) is 54.0. The van der Waals surface area contributed by atoms with Crippen molar-refractivity contribution in [1.82, 2.24) is 14.1 Å². The van der Waals surface area contributed by atoms with Crippen molar-refractivity contribution < 1.29 is 0 Å². The first kappa shape index (κ1) is 48.1. The number of nitrogens with zero attached hydrogens (tertiary/aromatic N) is 4. The zero-order valence-electron chi connectivity index (χ0n) is 45.0. The van der Waals surface area contributed by atoms with Crippen molar-refractivity contribution in [2.45, 2.75) is 27.7 Å². The molecular weight excluding hydrogens is 969 g/mol. The average Bonchev–Trinajstić information content (AvgIpc) is 4.23. The van der Waals surface area contributed by atoms with E-state index >= 15 is 0 Å². The molecule has 11 aromatic carbocycles. The molecule has 0 aliphatic carbocycles. The Morgan fingerprint density at radius 2 is 0.575 bits per heavy atom. The number of rotatable bonds is 9. The second kappa shape index (κ2) is 19.6. The van der Waals surface area contributed by atoms with Crippen LogP contribution in [0.1, 0.15) is 27.8 Å². The van der Waals surface area contributed by atoms with E-state index in [0.29, 0.717) is 5.56 Å². The van der Waals surface area contributed by atoms with Gasteiger partial charge < -0.3 is 9.13 Å². The first-order valence-corrected chi connectivity index (χ1v) is 27.4. The highest BCUT2D eigenvalue weighted by molar-refractivity contribution is 6.14. The summed E-state index contributed by atoms with van der Waals surface area (Å²) in [5.74, 6) is 0. The van der Waals surface area contributed by atoms with Crippen LogP contribution in [0.5, 0.6) is 0 Å². The van der Waals surface area contributed by atoms with Gasteiger partial charge in [-0.15, -0.1) is 0 Å². The summed E-state index contributed by atoms with van der Waals surface area (Å²) in [6.07, 6.45) is 0. The fourth-order valence-corrected chi connectivity index (χ4v) is 12.3. The number of hydrogen-bond donors (Lipinski definition) is 0. The molecule has 0 aliphatic rings. The first-order valence-electron chi connectivity index (χ1n) is 27.4. The minimum absolute atomic E-state index is 0.559. The molecule has 0 unspecified atom stereocenters. The molecule has 0 N–H and O–H groups in total. The number of aryl methyl sites for hydroxylation is 4. The quantitative estimate of drug-likeness (QED) is 0.145. The molecule has 0 atom stereocenters. The summed E-state index contributed by atoms with van der Waals surface area (Å²) < 4.78 is 4.69. The number of pyridine rings is 1. The van der Waals surface area contributed by atoms with Crippen LogP contribution < -0.4 is 0 Å². The highest BCUT2D eigenvalue weighted by Crippen LogP contribution is 2.45. The number of benzene rings is 11. The molecule has 4 nitrogen and oxygen atoms in total. The summed E-state index contributed by atoms with van der Waals surface area (Å²) in [7, 11) is 0. The van der Waals surface area contributed by atoms with Crippen LogP contribution in [0.2, 0.25) is 0 Å². The lowest BCUT2D eigenvalue weighted by atomic mass is 9.96. The predicted octanol–water partition coefficient (Wildman–Crippen LogP) is 20.1. The lowest BCUT2D eigenvalue weighted by molar-refractivity contribution is 1.12. The Labute approximate surface area is 466 Å². The molecule has 3 aromatic heterocycles. The Kier molecular flexibility index (Phi) is 11.8. The fraction of sp³-hybridized carbons (Fsp3) is 0.0526. The largest absolute Gasteiger partial charge is 0.308 e. The topological polar surface area (TPSA) is 46.5 Å². The van der Waals surface area contributed by atoms with E-state index in [-0.39, 0.29) is 0 Å². The molecule has 14 rings (SSSR count). The van der Waals surface area contributed by atoms with Crippen molar-refractivity contribution in [3.8, 4) is 95.6 Å².